The highest BCUT2D eigenvalue weighted by molar-refractivity contribution is 8.00. The van der Waals surface area contributed by atoms with E-state index in [0.29, 0.717) is 6.42 Å². The Morgan fingerprint density at radius 2 is 2.17 bits per heavy atom. The first kappa shape index (κ1) is 9.86. The molecular weight excluding hydrogens is 174 g/mol. The van der Waals surface area contributed by atoms with Crippen LogP contribution in [-0.2, 0) is 4.79 Å². The van der Waals surface area contributed by atoms with Crippen molar-refractivity contribution in [2.45, 2.75) is 24.0 Å². The van der Waals surface area contributed by atoms with Crippen molar-refractivity contribution in [3.8, 4) is 0 Å². The number of carboxylic acids is 1. The van der Waals surface area contributed by atoms with Gasteiger partial charge in [-0.15, -0.1) is 0 Å². The molecule has 12 heavy (non-hydrogen) atoms. The molecule has 0 aliphatic carbocycles. The van der Waals surface area contributed by atoms with Crippen LogP contribution in [0.3, 0.4) is 0 Å². The quantitative estimate of drug-likeness (QED) is 0.694. The summed E-state index contributed by atoms with van der Waals surface area (Å²) in [7, 11) is 0. The zero-order valence-electron chi connectivity index (χ0n) is 7.30. The van der Waals surface area contributed by atoms with Crippen molar-refractivity contribution in [1.29, 1.82) is 0 Å². The molecule has 0 unspecified atom stereocenters. The minimum atomic E-state index is -0.675. The number of carboxylic acid groups (broad SMARTS) is 1. The molecule has 1 heterocycles. The molecule has 0 aromatic heterocycles. The minimum Gasteiger partial charge on any atom is -0.481 e. The van der Waals surface area contributed by atoms with Gasteiger partial charge in [-0.25, -0.2) is 0 Å². The fraction of sp³-hybridized carbons (Fsp3) is 0.875. The third-order valence-electron chi connectivity index (χ3n) is 2.42. The summed E-state index contributed by atoms with van der Waals surface area (Å²) < 4.78 is -0.00289. The van der Waals surface area contributed by atoms with E-state index in [1.165, 1.54) is 0 Å². The van der Waals surface area contributed by atoms with Gasteiger partial charge in [-0.05, 0) is 32.2 Å². The van der Waals surface area contributed by atoms with Gasteiger partial charge in [0.15, 0.2) is 0 Å². The van der Waals surface area contributed by atoms with Crippen LogP contribution in [0.5, 0.6) is 0 Å². The largest absolute Gasteiger partial charge is 0.481 e. The first-order valence-corrected chi connectivity index (χ1v) is 5.39. The Labute approximate surface area is 76.9 Å². The van der Waals surface area contributed by atoms with Gasteiger partial charge in [0, 0.05) is 4.75 Å². The van der Waals surface area contributed by atoms with E-state index >= 15 is 0 Å². The van der Waals surface area contributed by atoms with Crippen LogP contribution in [0.4, 0.5) is 0 Å². The van der Waals surface area contributed by atoms with Gasteiger partial charge in [0.2, 0.25) is 0 Å². The lowest BCUT2D eigenvalue weighted by Gasteiger charge is -2.34. The number of aliphatic carboxylic acids is 1. The summed E-state index contributed by atoms with van der Waals surface area (Å²) in [5.41, 5.74) is 0. The van der Waals surface area contributed by atoms with Crippen LogP contribution in [0.1, 0.15) is 19.3 Å². The van der Waals surface area contributed by atoms with Crippen LogP contribution in [0.2, 0.25) is 0 Å². The topological polar surface area (TPSA) is 49.3 Å². The third-order valence-corrected chi connectivity index (χ3v) is 3.84. The van der Waals surface area contributed by atoms with Crippen molar-refractivity contribution in [2.75, 3.05) is 19.3 Å². The van der Waals surface area contributed by atoms with Crippen LogP contribution in [0.25, 0.3) is 0 Å². The van der Waals surface area contributed by atoms with Gasteiger partial charge in [0.05, 0.1) is 6.42 Å². The van der Waals surface area contributed by atoms with E-state index in [0.717, 1.165) is 25.9 Å². The van der Waals surface area contributed by atoms with Crippen LogP contribution >= 0.6 is 11.8 Å². The number of hydrogen-bond acceptors (Lipinski definition) is 3. The predicted octanol–water partition coefficient (Wildman–Crippen LogP) is 0.946. The molecule has 1 rings (SSSR count). The van der Waals surface area contributed by atoms with Crippen molar-refractivity contribution in [2.24, 2.45) is 0 Å². The van der Waals surface area contributed by atoms with E-state index in [4.69, 9.17) is 5.11 Å². The number of hydrogen-bond donors (Lipinski definition) is 2. The maximum Gasteiger partial charge on any atom is 0.304 e. The SMILES string of the molecule is CSC1(CC(=O)O)CCNCC1. The average Bonchev–Trinajstić information content (AvgIpc) is 2.05. The average molecular weight is 189 g/mol. The molecule has 0 aromatic carbocycles. The first-order chi connectivity index (χ1) is 5.68. The second-order valence-electron chi connectivity index (χ2n) is 3.21. The maximum atomic E-state index is 10.6. The summed E-state index contributed by atoms with van der Waals surface area (Å²) in [6.07, 6.45) is 4.26. The fourth-order valence-corrected chi connectivity index (χ4v) is 2.49. The highest BCUT2D eigenvalue weighted by atomic mass is 32.2. The molecule has 1 aliphatic heterocycles. The molecule has 2 N–H and O–H groups in total. The molecule has 0 atom stereocenters. The maximum absolute atomic E-state index is 10.6. The van der Waals surface area contributed by atoms with Gasteiger partial charge in [0.25, 0.3) is 0 Å². The minimum absolute atomic E-state index is 0.00289. The summed E-state index contributed by atoms with van der Waals surface area (Å²) >= 11 is 1.70. The lowest BCUT2D eigenvalue weighted by atomic mass is 9.93. The van der Waals surface area contributed by atoms with Crippen LogP contribution < -0.4 is 5.32 Å². The number of carbonyl (C=O) groups is 1. The molecule has 3 nitrogen and oxygen atoms in total. The number of thioether (sulfide) groups is 1. The van der Waals surface area contributed by atoms with Crippen LogP contribution in [0.15, 0.2) is 0 Å². The molecule has 0 bridgehead atoms. The molecule has 1 saturated heterocycles. The second kappa shape index (κ2) is 4.14. The third kappa shape index (κ3) is 2.38. The van der Waals surface area contributed by atoms with Crippen molar-refractivity contribution in [3.63, 3.8) is 0 Å². The van der Waals surface area contributed by atoms with Crippen molar-refractivity contribution < 1.29 is 9.90 Å². The highest BCUT2D eigenvalue weighted by Crippen LogP contribution is 2.35. The van der Waals surface area contributed by atoms with Gasteiger partial charge < -0.3 is 10.4 Å². The highest BCUT2D eigenvalue weighted by Gasteiger charge is 2.33. The molecule has 70 valence electrons. The van der Waals surface area contributed by atoms with E-state index in [-0.39, 0.29) is 4.75 Å². The monoisotopic (exact) mass is 189 g/mol. The van der Waals surface area contributed by atoms with E-state index < -0.39 is 5.97 Å². The van der Waals surface area contributed by atoms with Gasteiger partial charge in [-0.2, -0.15) is 11.8 Å². The van der Waals surface area contributed by atoms with Crippen molar-refractivity contribution in [3.05, 3.63) is 0 Å². The predicted molar refractivity (Wildman–Crippen MR) is 50.6 cm³/mol. The summed E-state index contributed by atoms with van der Waals surface area (Å²) in [5.74, 6) is -0.675. The second-order valence-corrected chi connectivity index (χ2v) is 4.48. The lowest BCUT2D eigenvalue weighted by molar-refractivity contribution is -0.137. The molecule has 0 spiro atoms. The van der Waals surface area contributed by atoms with E-state index in [9.17, 15) is 4.79 Å². The number of rotatable bonds is 3. The summed E-state index contributed by atoms with van der Waals surface area (Å²) in [6.45, 7) is 1.90. The van der Waals surface area contributed by atoms with Crippen molar-refractivity contribution in [1.82, 2.24) is 5.32 Å². The molecular formula is C8H15NO2S. The Balaban J connectivity index is 2.53. The Hall–Kier alpha value is -0.220. The Morgan fingerprint density at radius 1 is 1.58 bits per heavy atom. The molecule has 0 aromatic rings. The van der Waals surface area contributed by atoms with E-state index in [1.807, 2.05) is 6.26 Å². The number of nitrogens with one attached hydrogen (secondary N) is 1. The normalized spacial score (nSPS) is 22.1. The van der Waals surface area contributed by atoms with Gasteiger partial charge in [-0.3, -0.25) is 4.79 Å². The molecule has 0 radical (unpaired) electrons. The zero-order valence-corrected chi connectivity index (χ0v) is 8.12. The Bertz CT molecular complexity index is 166. The van der Waals surface area contributed by atoms with Crippen LogP contribution in [-0.4, -0.2) is 35.2 Å². The Kier molecular flexibility index (Phi) is 3.40. The molecule has 0 amide bonds. The van der Waals surface area contributed by atoms with Crippen LogP contribution in [0, 0.1) is 0 Å². The first-order valence-electron chi connectivity index (χ1n) is 4.16. The smallest absolute Gasteiger partial charge is 0.304 e. The summed E-state index contributed by atoms with van der Waals surface area (Å²) in [5, 5.41) is 12.0. The standard InChI is InChI=1S/C8H15NO2S/c1-12-8(6-7(10)11)2-4-9-5-3-8/h9H,2-6H2,1H3,(H,10,11). The number of piperidine rings is 1. The summed E-state index contributed by atoms with van der Waals surface area (Å²) in [6, 6.07) is 0. The van der Waals surface area contributed by atoms with Crippen molar-refractivity contribution >= 4 is 17.7 Å². The Morgan fingerprint density at radius 3 is 2.58 bits per heavy atom. The van der Waals surface area contributed by atoms with E-state index in [2.05, 4.69) is 5.32 Å². The zero-order chi connectivity index (χ0) is 9.03. The molecule has 1 aliphatic rings. The van der Waals surface area contributed by atoms with Gasteiger partial charge >= 0.3 is 5.97 Å². The molecule has 1 fully saturated rings. The van der Waals surface area contributed by atoms with Gasteiger partial charge in [-0.1, -0.05) is 0 Å². The molecule has 4 heteroatoms. The summed E-state index contributed by atoms with van der Waals surface area (Å²) in [4.78, 5) is 10.6. The molecule has 0 saturated carbocycles. The van der Waals surface area contributed by atoms with Gasteiger partial charge in [0.1, 0.15) is 0 Å². The fourth-order valence-electron chi connectivity index (χ4n) is 1.61. The van der Waals surface area contributed by atoms with E-state index in [1.54, 1.807) is 11.8 Å². The lowest BCUT2D eigenvalue weighted by Crippen LogP contribution is -2.40.